The Labute approximate surface area is 111 Å². The highest BCUT2D eigenvalue weighted by Crippen LogP contribution is 2.35. The van der Waals surface area contributed by atoms with Gasteiger partial charge >= 0.3 is 0 Å². The molecule has 0 amide bonds. The van der Waals surface area contributed by atoms with Crippen molar-refractivity contribution < 1.29 is 19.0 Å². The minimum atomic E-state index is 0.416. The van der Waals surface area contributed by atoms with Crippen molar-refractivity contribution in [1.29, 1.82) is 0 Å². The van der Waals surface area contributed by atoms with Gasteiger partial charge < -0.3 is 14.2 Å². The molecule has 4 heteroatoms. The van der Waals surface area contributed by atoms with Crippen LogP contribution in [0.1, 0.15) is 0 Å². The van der Waals surface area contributed by atoms with Crippen LogP contribution in [0.5, 0.6) is 17.2 Å². The van der Waals surface area contributed by atoms with Crippen LogP contribution in [0, 0.1) is 0 Å². The topological polar surface area (TPSA) is 44.8 Å². The Bertz CT molecular complexity index is 578. The molecule has 0 unspecified atom stereocenters. The van der Waals surface area contributed by atoms with Crippen LogP contribution in [0.25, 0.3) is 11.1 Å². The number of hydrogen-bond donors (Lipinski definition) is 0. The molecule has 0 bridgehead atoms. The molecule has 0 heterocycles. The molecule has 0 aliphatic heterocycles. The monoisotopic (exact) mass is 258 g/mol. The number of carbonyl (C=O) groups is 1. The maximum atomic E-state index is 10.5. The second-order valence-corrected chi connectivity index (χ2v) is 3.78. The lowest BCUT2D eigenvalue weighted by Gasteiger charge is -2.11. The highest BCUT2D eigenvalue weighted by Gasteiger charge is 2.09. The third kappa shape index (κ3) is 2.68. The van der Waals surface area contributed by atoms with E-state index >= 15 is 0 Å². The number of benzene rings is 2. The van der Waals surface area contributed by atoms with Crippen molar-refractivity contribution in [3.63, 3.8) is 0 Å². The summed E-state index contributed by atoms with van der Waals surface area (Å²) in [5.74, 6) is 1.78. The first-order chi connectivity index (χ1) is 9.30. The van der Waals surface area contributed by atoms with Gasteiger partial charge in [0.15, 0.2) is 11.5 Å². The lowest BCUT2D eigenvalue weighted by Crippen LogP contribution is -1.93. The summed E-state index contributed by atoms with van der Waals surface area (Å²) in [5.41, 5.74) is 1.70. The molecule has 0 aliphatic rings. The molecule has 19 heavy (non-hydrogen) atoms. The van der Waals surface area contributed by atoms with Crippen molar-refractivity contribution in [3.8, 4) is 28.4 Å². The van der Waals surface area contributed by atoms with Crippen molar-refractivity contribution in [2.75, 3.05) is 14.2 Å². The SMILES string of the molecule is COc1ccc(-c2ccccc2OC=O)cc1OC. The van der Waals surface area contributed by atoms with Gasteiger partial charge in [-0.25, -0.2) is 0 Å². The van der Waals surface area contributed by atoms with Crippen LogP contribution in [0.15, 0.2) is 42.5 Å². The van der Waals surface area contributed by atoms with Gasteiger partial charge in [0, 0.05) is 5.56 Å². The summed E-state index contributed by atoms with van der Waals surface area (Å²) in [6.45, 7) is 0.416. The second-order valence-electron chi connectivity index (χ2n) is 3.78. The van der Waals surface area contributed by atoms with E-state index in [9.17, 15) is 4.79 Å². The Morgan fingerprint density at radius 2 is 1.63 bits per heavy atom. The molecule has 0 N–H and O–H groups in total. The zero-order valence-corrected chi connectivity index (χ0v) is 10.8. The van der Waals surface area contributed by atoms with Crippen LogP contribution in [-0.4, -0.2) is 20.7 Å². The van der Waals surface area contributed by atoms with Crippen LogP contribution in [0.4, 0.5) is 0 Å². The number of methoxy groups -OCH3 is 2. The molecule has 0 saturated carbocycles. The van der Waals surface area contributed by atoms with E-state index in [-0.39, 0.29) is 0 Å². The molecule has 0 atom stereocenters. The average Bonchev–Trinajstić information content (AvgIpc) is 2.47. The van der Waals surface area contributed by atoms with E-state index in [2.05, 4.69) is 0 Å². The van der Waals surface area contributed by atoms with Crippen LogP contribution >= 0.6 is 0 Å². The van der Waals surface area contributed by atoms with Crippen molar-refractivity contribution >= 4 is 6.47 Å². The van der Waals surface area contributed by atoms with Gasteiger partial charge in [0.25, 0.3) is 6.47 Å². The molecule has 2 aromatic rings. The zero-order valence-electron chi connectivity index (χ0n) is 10.8. The largest absolute Gasteiger partial charge is 0.493 e. The fraction of sp³-hybridized carbons (Fsp3) is 0.133. The van der Waals surface area contributed by atoms with Crippen molar-refractivity contribution in [1.82, 2.24) is 0 Å². The fourth-order valence-corrected chi connectivity index (χ4v) is 1.86. The number of hydrogen-bond acceptors (Lipinski definition) is 4. The Hall–Kier alpha value is -2.49. The normalized spacial score (nSPS) is 9.79. The summed E-state index contributed by atoms with van der Waals surface area (Å²) in [4.78, 5) is 10.5. The van der Waals surface area contributed by atoms with Gasteiger partial charge in [0.1, 0.15) is 5.75 Å². The zero-order chi connectivity index (χ0) is 13.7. The molecule has 4 nitrogen and oxygen atoms in total. The third-order valence-electron chi connectivity index (χ3n) is 2.76. The van der Waals surface area contributed by atoms with E-state index in [0.717, 1.165) is 11.1 Å². The number of carbonyl (C=O) groups excluding carboxylic acids is 1. The number of ether oxygens (including phenoxy) is 3. The van der Waals surface area contributed by atoms with Crippen LogP contribution in [0.3, 0.4) is 0 Å². The highest BCUT2D eigenvalue weighted by atomic mass is 16.5. The predicted molar refractivity (Wildman–Crippen MR) is 71.7 cm³/mol. The summed E-state index contributed by atoms with van der Waals surface area (Å²) in [6.07, 6.45) is 0. The van der Waals surface area contributed by atoms with Crippen molar-refractivity contribution in [2.24, 2.45) is 0 Å². The van der Waals surface area contributed by atoms with Gasteiger partial charge in [-0.05, 0) is 23.8 Å². The van der Waals surface area contributed by atoms with Gasteiger partial charge in [-0.2, -0.15) is 0 Å². The van der Waals surface area contributed by atoms with Crippen molar-refractivity contribution in [3.05, 3.63) is 42.5 Å². The molecule has 98 valence electrons. The first-order valence-corrected chi connectivity index (χ1v) is 5.72. The van der Waals surface area contributed by atoms with Crippen molar-refractivity contribution in [2.45, 2.75) is 0 Å². The average molecular weight is 258 g/mol. The second kappa shape index (κ2) is 5.91. The third-order valence-corrected chi connectivity index (χ3v) is 2.76. The number of para-hydroxylation sites is 1. The maximum absolute atomic E-state index is 10.5. The quantitative estimate of drug-likeness (QED) is 0.773. The predicted octanol–water partition coefficient (Wildman–Crippen LogP) is 2.91. The summed E-state index contributed by atoms with van der Waals surface area (Å²) >= 11 is 0. The molecule has 0 saturated heterocycles. The lowest BCUT2D eigenvalue weighted by molar-refractivity contribution is -0.120. The minimum Gasteiger partial charge on any atom is -0.493 e. The van der Waals surface area contributed by atoms with Gasteiger partial charge in [-0.1, -0.05) is 24.3 Å². The lowest BCUT2D eigenvalue weighted by atomic mass is 10.0. The highest BCUT2D eigenvalue weighted by molar-refractivity contribution is 5.74. The van der Waals surface area contributed by atoms with E-state index in [1.165, 1.54) is 0 Å². The molecule has 2 rings (SSSR count). The Balaban J connectivity index is 2.49. The van der Waals surface area contributed by atoms with E-state index in [0.29, 0.717) is 23.7 Å². The number of rotatable bonds is 5. The van der Waals surface area contributed by atoms with Gasteiger partial charge in [-0.3, -0.25) is 4.79 Å². The molecule has 0 aliphatic carbocycles. The Morgan fingerprint density at radius 3 is 2.32 bits per heavy atom. The van der Waals surface area contributed by atoms with E-state index < -0.39 is 0 Å². The molecule has 0 fully saturated rings. The van der Waals surface area contributed by atoms with Crippen LogP contribution < -0.4 is 14.2 Å². The molecule has 2 aromatic carbocycles. The molecule has 0 aromatic heterocycles. The van der Waals surface area contributed by atoms with Gasteiger partial charge in [0.2, 0.25) is 0 Å². The summed E-state index contributed by atoms with van der Waals surface area (Å²) < 4.78 is 15.4. The summed E-state index contributed by atoms with van der Waals surface area (Å²) in [6, 6.07) is 12.8. The summed E-state index contributed by atoms with van der Waals surface area (Å²) in [5, 5.41) is 0. The standard InChI is InChI=1S/C15H14O4/c1-17-14-8-7-11(9-15(14)18-2)12-5-3-4-6-13(12)19-10-16/h3-10H,1-2H3. The van der Waals surface area contributed by atoms with E-state index in [1.54, 1.807) is 20.3 Å². The Morgan fingerprint density at radius 1 is 0.895 bits per heavy atom. The van der Waals surface area contributed by atoms with E-state index in [4.69, 9.17) is 14.2 Å². The smallest absolute Gasteiger partial charge is 0.298 e. The maximum Gasteiger partial charge on any atom is 0.298 e. The molecular formula is C15H14O4. The molecule has 0 radical (unpaired) electrons. The molecule has 0 spiro atoms. The van der Waals surface area contributed by atoms with Gasteiger partial charge in [0.05, 0.1) is 14.2 Å². The fourth-order valence-electron chi connectivity index (χ4n) is 1.86. The molecular weight excluding hydrogens is 244 g/mol. The van der Waals surface area contributed by atoms with E-state index in [1.807, 2.05) is 36.4 Å². The first kappa shape index (κ1) is 13.0. The van der Waals surface area contributed by atoms with Crippen LogP contribution in [0.2, 0.25) is 0 Å². The first-order valence-electron chi connectivity index (χ1n) is 5.72. The van der Waals surface area contributed by atoms with Crippen LogP contribution in [-0.2, 0) is 4.79 Å². The summed E-state index contributed by atoms with van der Waals surface area (Å²) in [7, 11) is 3.16. The minimum absolute atomic E-state index is 0.416. The Kier molecular flexibility index (Phi) is 4.03. The van der Waals surface area contributed by atoms with Gasteiger partial charge in [-0.15, -0.1) is 0 Å².